The number of carbonyl (C=O) groups is 1. The number of aromatic amines is 1. The molecule has 0 saturated heterocycles. The van der Waals surface area contributed by atoms with Crippen molar-refractivity contribution in [1.82, 2.24) is 9.97 Å². The Morgan fingerprint density at radius 3 is 2.56 bits per heavy atom. The van der Waals surface area contributed by atoms with Gasteiger partial charge in [-0.1, -0.05) is 11.6 Å². The van der Waals surface area contributed by atoms with E-state index in [2.05, 4.69) is 9.97 Å². The molecule has 0 unspecified atom stereocenters. The zero-order valence-electron chi connectivity index (χ0n) is 9.31. The Labute approximate surface area is 107 Å². The van der Waals surface area contributed by atoms with E-state index in [0.717, 1.165) is 0 Å². The molecule has 0 radical (unpaired) electrons. The highest BCUT2D eigenvalue weighted by molar-refractivity contribution is 6.30. The van der Waals surface area contributed by atoms with Gasteiger partial charge in [-0.05, 0) is 29.2 Å². The van der Waals surface area contributed by atoms with E-state index in [1.165, 1.54) is 12.1 Å². The normalized spacial score (nSPS) is 10.3. The first-order chi connectivity index (χ1) is 8.49. The predicted molar refractivity (Wildman–Crippen MR) is 64.9 cm³/mol. The molecule has 1 aromatic carbocycles. The number of ketones is 1. The lowest BCUT2D eigenvalue weighted by atomic mass is 10.1. The van der Waals surface area contributed by atoms with Crippen molar-refractivity contribution in [2.75, 3.05) is 0 Å². The summed E-state index contributed by atoms with van der Waals surface area (Å²) in [5.41, 5.74) is 0.105. The molecule has 1 heterocycles. The molecule has 0 aliphatic rings. The number of imidazole rings is 1. The van der Waals surface area contributed by atoms with E-state index in [4.69, 9.17) is 11.6 Å². The summed E-state index contributed by atoms with van der Waals surface area (Å²) in [4.78, 5) is 28.5. The van der Waals surface area contributed by atoms with E-state index in [9.17, 15) is 14.9 Å². The van der Waals surface area contributed by atoms with Crippen LogP contribution in [0, 0.1) is 17.0 Å². The number of nitro groups is 1. The Bertz CT molecular complexity index is 619. The topological polar surface area (TPSA) is 88.9 Å². The molecule has 0 amide bonds. The van der Waals surface area contributed by atoms with Crippen LogP contribution in [0.1, 0.15) is 21.9 Å². The van der Waals surface area contributed by atoms with Gasteiger partial charge in [0, 0.05) is 17.5 Å². The SMILES string of the molecule is Cc1nc(C(=O)c2ccc(Cl)cc2)c([N+](=O)[O-])[nH]1. The second kappa shape index (κ2) is 4.58. The van der Waals surface area contributed by atoms with E-state index in [0.29, 0.717) is 16.4 Å². The van der Waals surface area contributed by atoms with Crippen LogP contribution in [0.2, 0.25) is 5.02 Å². The van der Waals surface area contributed by atoms with Gasteiger partial charge in [-0.3, -0.25) is 4.79 Å². The molecular formula is C11H8ClN3O3. The van der Waals surface area contributed by atoms with Crippen molar-refractivity contribution in [2.24, 2.45) is 0 Å². The summed E-state index contributed by atoms with van der Waals surface area (Å²) in [5.74, 6) is -0.589. The number of aromatic nitrogens is 2. The first-order valence-corrected chi connectivity index (χ1v) is 5.38. The van der Waals surface area contributed by atoms with E-state index in [1.807, 2.05) is 0 Å². The summed E-state index contributed by atoms with van der Waals surface area (Å²) in [6.07, 6.45) is 0. The second-order valence-electron chi connectivity index (χ2n) is 3.61. The number of carbonyl (C=O) groups excluding carboxylic acids is 1. The van der Waals surface area contributed by atoms with E-state index in [-0.39, 0.29) is 5.69 Å². The van der Waals surface area contributed by atoms with Gasteiger partial charge in [0.1, 0.15) is 0 Å². The largest absolute Gasteiger partial charge is 0.358 e. The third-order valence-corrected chi connectivity index (χ3v) is 2.56. The highest BCUT2D eigenvalue weighted by Gasteiger charge is 2.25. The summed E-state index contributed by atoms with van der Waals surface area (Å²) in [5, 5.41) is 11.3. The number of nitrogens with zero attached hydrogens (tertiary/aromatic N) is 2. The minimum Gasteiger partial charge on any atom is -0.358 e. The number of aryl methyl sites for hydroxylation is 1. The molecule has 0 atom stereocenters. The zero-order valence-corrected chi connectivity index (χ0v) is 10.1. The standard InChI is InChI=1S/C11H8ClN3O3/c1-6-13-9(11(14-6)15(17)18)10(16)7-2-4-8(12)5-3-7/h2-5H,1H3,(H,13,14). The van der Waals surface area contributed by atoms with Gasteiger partial charge in [-0.15, -0.1) is 0 Å². The monoisotopic (exact) mass is 265 g/mol. The van der Waals surface area contributed by atoms with Crippen molar-refractivity contribution in [2.45, 2.75) is 6.92 Å². The van der Waals surface area contributed by atoms with Gasteiger partial charge in [-0.2, -0.15) is 0 Å². The first kappa shape index (κ1) is 12.3. The average Bonchev–Trinajstić information content (AvgIpc) is 2.71. The van der Waals surface area contributed by atoms with Crippen molar-refractivity contribution in [3.05, 3.63) is 56.5 Å². The molecule has 0 bridgehead atoms. The van der Waals surface area contributed by atoms with Gasteiger partial charge in [0.25, 0.3) is 0 Å². The van der Waals surface area contributed by atoms with E-state index in [1.54, 1.807) is 19.1 Å². The number of hydrogen-bond acceptors (Lipinski definition) is 4. The molecular weight excluding hydrogens is 258 g/mol. The number of hydrogen-bond donors (Lipinski definition) is 1. The highest BCUT2D eigenvalue weighted by atomic mass is 35.5. The van der Waals surface area contributed by atoms with Crippen LogP contribution in [-0.4, -0.2) is 20.7 Å². The lowest BCUT2D eigenvalue weighted by molar-refractivity contribution is -0.389. The fourth-order valence-corrected chi connectivity index (χ4v) is 1.63. The fraction of sp³-hybridized carbons (Fsp3) is 0.0909. The molecule has 6 nitrogen and oxygen atoms in total. The molecule has 0 aliphatic carbocycles. The average molecular weight is 266 g/mol. The number of nitrogens with one attached hydrogen (secondary N) is 1. The van der Waals surface area contributed by atoms with Crippen LogP contribution in [-0.2, 0) is 0 Å². The third-order valence-electron chi connectivity index (χ3n) is 2.31. The van der Waals surface area contributed by atoms with Crippen LogP contribution in [0.15, 0.2) is 24.3 Å². The molecule has 0 aliphatic heterocycles. The van der Waals surface area contributed by atoms with Crippen LogP contribution in [0.25, 0.3) is 0 Å². The molecule has 1 N–H and O–H groups in total. The molecule has 1 aromatic heterocycles. The summed E-state index contributed by atoms with van der Waals surface area (Å²) >= 11 is 5.71. The molecule has 2 rings (SSSR count). The van der Waals surface area contributed by atoms with Crippen molar-refractivity contribution >= 4 is 23.2 Å². The van der Waals surface area contributed by atoms with E-state index < -0.39 is 16.5 Å². The maximum atomic E-state index is 12.1. The maximum Gasteiger partial charge on any atom is 0.352 e. The van der Waals surface area contributed by atoms with Crippen LogP contribution in [0.5, 0.6) is 0 Å². The van der Waals surface area contributed by atoms with Gasteiger partial charge in [0.15, 0.2) is 5.82 Å². The summed E-state index contributed by atoms with van der Waals surface area (Å²) in [6, 6.07) is 6.08. The quantitative estimate of drug-likeness (QED) is 0.524. The Morgan fingerprint density at radius 2 is 2.00 bits per heavy atom. The third kappa shape index (κ3) is 2.23. The fourth-order valence-electron chi connectivity index (χ4n) is 1.51. The minimum absolute atomic E-state index is 0.195. The summed E-state index contributed by atoms with van der Waals surface area (Å²) in [7, 11) is 0. The van der Waals surface area contributed by atoms with Gasteiger partial charge < -0.3 is 10.1 Å². The molecule has 0 spiro atoms. The van der Waals surface area contributed by atoms with Gasteiger partial charge in [0.05, 0.1) is 0 Å². The molecule has 7 heteroatoms. The molecule has 92 valence electrons. The molecule has 0 saturated carbocycles. The Balaban J connectivity index is 2.45. The zero-order chi connectivity index (χ0) is 13.3. The van der Waals surface area contributed by atoms with Gasteiger partial charge in [-0.25, -0.2) is 9.97 Å². The Morgan fingerprint density at radius 1 is 1.39 bits per heavy atom. The lowest BCUT2D eigenvalue weighted by Crippen LogP contribution is -2.05. The molecule has 0 fully saturated rings. The van der Waals surface area contributed by atoms with Gasteiger partial charge >= 0.3 is 5.82 Å². The van der Waals surface area contributed by atoms with Crippen LogP contribution >= 0.6 is 11.6 Å². The van der Waals surface area contributed by atoms with Crippen molar-refractivity contribution < 1.29 is 9.72 Å². The minimum atomic E-state index is -0.664. The van der Waals surface area contributed by atoms with Gasteiger partial charge in [0.2, 0.25) is 11.5 Å². The van der Waals surface area contributed by atoms with Crippen LogP contribution < -0.4 is 0 Å². The van der Waals surface area contributed by atoms with Crippen LogP contribution in [0.3, 0.4) is 0 Å². The number of halogens is 1. The predicted octanol–water partition coefficient (Wildman–Crippen LogP) is 2.51. The Hall–Kier alpha value is -2.21. The first-order valence-electron chi connectivity index (χ1n) is 5.00. The second-order valence-corrected chi connectivity index (χ2v) is 4.05. The molecule has 18 heavy (non-hydrogen) atoms. The molecule has 2 aromatic rings. The number of benzene rings is 1. The van der Waals surface area contributed by atoms with Crippen molar-refractivity contribution in [1.29, 1.82) is 0 Å². The number of rotatable bonds is 3. The summed E-state index contributed by atoms with van der Waals surface area (Å²) in [6.45, 7) is 1.55. The highest BCUT2D eigenvalue weighted by Crippen LogP contribution is 2.20. The maximum absolute atomic E-state index is 12.1. The lowest BCUT2D eigenvalue weighted by Gasteiger charge is -1.98. The van der Waals surface area contributed by atoms with E-state index >= 15 is 0 Å². The van der Waals surface area contributed by atoms with Crippen LogP contribution in [0.4, 0.5) is 5.82 Å². The van der Waals surface area contributed by atoms with Crippen molar-refractivity contribution in [3.63, 3.8) is 0 Å². The van der Waals surface area contributed by atoms with Crippen molar-refractivity contribution in [3.8, 4) is 0 Å². The summed E-state index contributed by atoms with van der Waals surface area (Å²) < 4.78 is 0. The smallest absolute Gasteiger partial charge is 0.352 e. The number of H-pyrrole nitrogens is 1. The Kier molecular flexibility index (Phi) is 3.12.